The second-order valence-corrected chi connectivity index (χ2v) is 11.5. The standard InChI is InChI=1S/C28H29F2N7O2S/c29-21-17-24(27(30)26(18-21)34-40(38,39)36-13-1-2-14-36)25-19-37(33-28(25)20-7-9-31-10-8-20)23-5-3-22(4-6-23)35-15-11-32-12-16-35/h3-10,17-19,32,34H,1-2,11-16H2. The number of anilines is 2. The molecule has 6 rings (SSSR count). The van der Waals surface area contributed by atoms with Crippen LogP contribution in [0.15, 0.2) is 67.1 Å². The number of pyridine rings is 1. The minimum atomic E-state index is -4.03. The molecule has 0 radical (unpaired) electrons. The molecule has 2 fully saturated rings. The molecule has 208 valence electrons. The second kappa shape index (κ2) is 11.0. The predicted octanol–water partition coefficient (Wildman–Crippen LogP) is 4.04. The highest BCUT2D eigenvalue weighted by Gasteiger charge is 2.28. The Kier molecular flexibility index (Phi) is 7.22. The van der Waals surface area contributed by atoms with Crippen LogP contribution in [0.3, 0.4) is 0 Å². The zero-order valence-corrected chi connectivity index (χ0v) is 22.5. The molecule has 0 atom stereocenters. The van der Waals surface area contributed by atoms with Crippen LogP contribution < -0.4 is 14.9 Å². The van der Waals surface area contributed by atoms with E-state index >= 15 is 4.39 Å². The summed E-state index contributed by atoms with van der Waals surface area (Å²) < 4.78 is 61.6. The average Bonchev–Trinajstić information content (AvgIpc) is 3.68. The molecular formula is C28H29F2N7O2S. The van der Waals surface area contributed by atoms with Crippen LogP contribution in [0, 0.1) is 11.6 Å². The lowest BCUT2D eigenvalue weighted by Crippen LogP contribution is -2.43. The lowest BCUT2D eigenvalue weighted by Gasteiger charge is -2.29. The Balaban J connectivity index is 1.40. The molecule has 0 bridgehead atoms. The molecule has 0 unspecified atom stereocenters. The largest absolute Gasteiger partial charge is 0.369 e. The first-order chi connectivity index (χ1) is 19.4. The van der Waals surface area contributed by atoms with Crippen molar-refractivity contribution in [3.05, 3.63) is 78.8 Å². The summed E-state index contributed by atoms with van der Waals surface area (Å²) in [5.41, 5.74) is 2.67. The summed E-state index contributed by atoms with van der Waals surface area (Å²) in [6.45, 7) is 4.36. The summed E-state index contributed by atoms with van der Waals surface area (Å²) in [7, 11) is -4.03. The van der Waals surface area contributed by atoms with Gasteiger partial charge in [0.25, 0.3) is 0 Å². The Labute approximate surface area is 231 Å². The topological polar surface area (TPSA) is 95.4 Å². The quantitative estimate of drug-likeness (QED) is 0.351. The van der Waals surface area contributed by atoms with Crippen molar-refractivity contribution in [2.75, 3.05) is 48.9 Å². The Morgan fingerprint density at radius 1 is 0.850 bits per heavy atom. The highest BCUT2D eigenvalue weighted by Crippen LogP contribution is 2.37. The average molecular weight is 566 g/mol. The van der Waals surface area contributed by atoms with E-state index < -0.39 is 27.5 Å². The van der Waals surface area contributed by atoms with Crippen LogP contribution in [-0.2, 0) is 10.2 Å². The maximum absolute atomic E-state index is 15.9. The molecule has 2 aromatic heterocycles. The third-order valence-electron chi connectivity index (χ3n) is 7.24. The zero-order valence-electron chi connectivity index (χ0n) is 21.7. The summed E-state index contributed by atoms with van der Waals surface area (Å²) in [5.74, 6) is -1.66. The van der Waals surface area contributed by atoms with Crippen LogP contribution >= 0.6 is 0 Å². The fourth-order valence-electron chi connectivity index (χ4n) is 5.16. The van der Waals surface area contributed by atoms with Gasteiger partial charge in [-0.2, -0.15) is 17.8 Å². The van der Waals surface area contributed by atoms with Crippen molar-refractivity contribution < 1.29 is 17.2 Å². The van der Waals surface area contributed by atoms with Gasteiger partial charge in [-0.05, 0) is 55.3 Å². The van der Waals surface area contributed by atoms with E-state index in [1.165, 1.54) is 4.31 Å². The number of nitrogens with zero attached hydrogens (tertiary/aromatic N) is 5. The smallest absolute Gasteiger partial charge is 0.301 e. The minimum absolute atomic E-state index is 0.102. The van der Waals surface area contributed by atoms with Gasteiger partial charge >= 0.3 is 10.2 Å². The molecule has 0 saturated carbocycles. The Hall–Kier alpha value is -3.87. The van der Waals surface area contributed by atoms with Gasteiger partial charge in [0.15, 0.2) is 5.82 Å². The molecule has 2 N–H and O–H groups in total. The molecule has 4 heterocycles. The third kappa shape index (κ3) is 5.29. The van der Waals surface area contributed by atoms with Crippen molar-refractivity contribution in [1.82, 2.24) is 24.4 Å². The number of rotatable bonds is 7. The summed E-state index contributed by atoms with van der Waals surface area (Å²) in [5, 5.41) is 8.08. The lowest BCUT2D eigenvalue weighted by molar-refractivity contribution is 0.482. The lowest BCUT2D eigenvalue weighted by atomic mass is 10.0. The molecule has 4 aromatic rings. The van der Waals surface area contributed by atoms with E-state index in [9.17, 15) is 12.8 Å². The molecular weight excluding hydrogens is 536 g/mol. The van der Waals surface area contributed by atoms with Gasteiger partial charge in [-0.25, -0.2) is 13.5 Å². The number of hydrogen-bond donors (Lipinski definition) is 2. The summed E-state index contributed by atoms with van der Waals surface area (Å²) >= 11 is 0. The van der Waals surface area contributed by atoms with E-state index in [2.05, 4.69) is 19.9 Å². The molecule has 9 nitrogen and oxygen atoms in total. The Morgan fingerprint density at radius 2 is 1.52 bits per heavy atom. The number of halogens is 2. The van der Waals surface area contributed by atoms with E-state index in [4.69, 9.17) is 5.10 Å². The van der Waals surface area contributed by atoms with Crippen molar-refractivity contribution in [3.8, 4) is 28.1 Å². The maximum Gasteiger partial charge on any atom is 0.301 e. The first-order valence-corrected chi connectivity index (χ1v) is 14.7. The molecule has 0 aliphatic carbocycles. The molecule has 0 amide bonds. The van der Waals surface area contributed by atoms with E-state index in [1.807, 2.05) is 24.3 Å². The normalized spacial score (nSPS) is 16.4. The summed E-state index contributed by atoms with van der Waals surface area (Å²) in [6, 6.07) is 13.3. The number of benzene rings is 2. The maximum atomic E-state index is 15.9. The molecule has 12 heteroatoms. The highest BCUT2D eigenvalue weighted by molar-refractivity contribution is 7.90. The fourth-order valence-corrected chi connectivity index (χ4v) is 6.45. The molecule has 2 aliphatic heterocycles. The van der Waals surface area contributed by atoms with Crippen LogP contribution in [0.1, 0.15) is 12.8 Å². The van der Waals surface area contributed by atoms with Crippen LogP contribution in [0.2, 0.25) is 0 Å². The molecule has 0 spiro atoms. The monoisotopic (exact) mass is 565 g/mol. The van der Waals surface area contributed by atoms with Gasteiger partial charge in [-0.3, -0.25) is 9.71 Å². The predicted molar refractivity (Wildman–Crippen MR) is 151 cm³/mol. The minimum Gasteiger partial charge on any atom is -0.369 e. The van der Waals surface area contributed by atoms with Crippen LogP contribution in [0.4, 0.5) is 20.2 Å². The van der Waals surface area contributed by atoms with Crippen LogP contribution in [0.5, 0.6) is 0 Å². The van der Waals surface area contributed by atoms with E-state index in [0.717, 1.165) is 62.5 Å². The van der Waals surface area contributed by atoms with Gasteiger partial charge in [0.2, 0.25) is 0 Å². The summed E-state index contributed by atoms with van der Waals surface area (Å²) in [6.07, 6.45) is 6.27. The molecule has 2 saturated heterocycles. The first-order valence-electron chi connectivity index (χ1n) is 13.2. The number of hydrogen-bond acceptors (Lipinski definition) is 6. The second-order valence-electron chi connectivity index (χ2n) is 9.85. The molecule has 2 aromatic carbocycles. The van der Waals surface area contributed by atoms with Crippen LogP contribution in [-0.4, -0.2) is 66.8 Å². The van der Waals surface area contributed by atoms with Crippen molar-refractivity contribution in [2.45, 2.75) is 12.8 Å². The van der Waals surface area contributed by atoms with Gasteiger partial charge in [0.05, 0.1) is 11.4 Å². The molecule has 2 aliphatic rings. The summed E-state index contributed by atoms with van der Waals surface area (Å²) in [4.78, 5) is 6.35. The number of nitrogens with one attached hydrogen (secondary N) is 2. The zero-order chi connectivity index (χ0) is 27.7. The number of piperazine rings is 1. The van der Waals surface area contributed by atoms with Crippen LogP contribution in [0.25, 0.3) is 28.1 Å². The van der Waals surface area contributed by atoms with Gasteiger partial charge in [0.1, 0.15) is 11.5 Å². The van der Waals surface area contributed by atoms with Gasteiger partial charge in [-0.15, -0.1) is 0 Å². The van der Waals surface area contributed by atoms with Crippen molar-refractivity contribution >= 4 is 21.6 Å². The van der Waals surface area contributed by atoms with E-state index in [0.29, 0.717) is 29.9 Å². The Bertz CT molecular complexity index is 1600. The molecule has 40 heavy (non-hydrogen) atoms. The third-order valence-corrected chi connectivity index (χ3v) is 8.76. The van der Waals surface area contributed by atoms with E-state index in [1.54, 1.807) is 35.4 Å². The SMILES string of the molecule is O=S(=O)(Nc1cc(F)cc(-c2cn(-c3ccc(N4CCNCC4)cc3)nc2-c2ccncc2)c1F)N1CCCC1. The number of aromatic nitrogens is 3. The fraction of sp³-hybridized carbons (Fsp3) is 0.286. The highest BCUT2D eigenvalue weighted by atomic mass is 32.2. The first kappa shape index (κ1) is 26.4. The van der Waals surface area contributed by atoms with Crippen molar-refractivity contribution in [1.29, 1.82) is 0 Å². The van der Waals surface area contributed by atoms with Gasteiger partial charge in [-0.1, -0.05) is 0 Å². The Morgan fingerprint density at radius 3 is 2.23 bits per heavy atom. The van der Waals surface area contributed by atoms with Crippen molar-refractivity contribution in [2.24, 2.45) is 0 Å². The van der Waals surface area contributed by atoms with Gasteiger partial charge < -0.3 is 10.2 Å². The van der Waals surface area contributed by atoms with Crippen molar-refractivity contribution in [3.63, 3.8) is 0 Å². The van der Waals surface area contributed by atoms with Gasteiger partial charge in [0, 0.05) is 86.3 Å². The van der Waals surface area contributed by atoms with E-state index in [-0.39, 0.29) is 5.56 Å².